The minimum Gasteiger partial charge on any atom is -0.488 e. The molecule has 0 saturated carbocycles. The molecular formula is C21H15BrClFN2O2. The zero-order chi connectivity index (χ0) is 19.9. The summed E-state index contributed by atoms with van der Waals surface area (Å²) >= 11 is 9.39. The monoisotopic (exact) mass is 460 g/mol. The summed E-state index contributed by atoms with van der Waals surface area (Å²) in [7, 11) is 0. The van der Waals surface area contributed by atoms with Crippen LogP contribution in [0.4, 0.5) is 4.39 Å². The van der Waals surface area contributed by atoms with Crippen LogP contribution in [0.15, 0.2) is 76.3 Å². The minimum absolute atomic E-state index is 0.256. The van der Waals surface area contributed by atoms with Crippen LogP contribution in [-0.4, -0.2) is 12.1 Å². The predicted molar refractivity (Wildman–Crippen MR) is 111 cm³/mol. The zero-order valence-electron chi connectivity index (χ0n) is 14.5. The van der Waals surface area contributed by atoms with Gasteiger partial charge in [-0.2, -0.15) is 5.10 Å². The fourth-order valence-corrected chi connectivity index (χ4v) is 3.00. The Labute approximate surface area is 175 Å². The van der Waals surface area contributed by atoms with Gasteiger partial charge in [0.25, 0.3) is 5.91 Å². The van der Waals surface area contributed by atoms with Gasteiger partial charge in [0.1, 0.15) is 18.2 Å². The van der Waals surface area contributed by atoms with Crippen LogP contribution < -0.4 is 10.2 Å². The SMILES string of the molecule is O=C(N/N=C/c1cc(Cl)ccc1OCc1ccc(F)cc1)c1ccccc1Br. The molecule has 0 radical (unpaired) electrons. The molecule has 0 bridgehead atoms. The van der Waals surface area contributed by atoms with Gasteiger partial charge in [0.2, 0.25) is 0 Å². The Morgan fingerprint density at radius 3 is 2.64 bits per heavy atom. The fraction of sp³-hybridized carbons (Fsp3) is 0.0476. The molecule has 28 heavy (non-hydrogen) atoms. The van der Waals surface area contributed by atoms with Crippen LogP contribution in [-0.2, 0) is 6.61 Å². The van der Waals surface area contributed by atoms with Gasteiger partial charge in [0, 0.05) is 15.1 Å². The predicted octanol–water partition coefficient (Wildman–Crippen LogP) is 5.58. The first kappa shape index (κ1) is 20.0. The molecule has 1 amide bonds. The first-order valence-electron chi connectivity index (χ1n) is 8.27. The number of nitrogens with zero attached hydrogens (tertiary/aromatic N) is 1. The Morgan fingerprint density at radius 2 is 1.89 bits per heavy atom. The highest BCUT2D eigenvalue weighted by atomic mass is 79.9. The van der Waals surface area contributed by atoms with E-state index in [1.807, 2.05) is 6.07 Å². The van der Waals surface area contributed by atoms with Crippen LogP contribution in [0.1, 0.15) is 21.5 Å². The third kappa shape index (κ3) is 5.41. The molecule has 0 heterocycles. The van der Waals surface area contributed by atoms with Crippen LogP contribution >= 0.6 is 27.5 Å². The van der Waals surface area contributed by atoms with Crippen molar-refractivity contribution in [3.8, 4) is 5.75 Å². The lowest BCUT2D eigenvalue weighted by Crippen LogP contribution is -2.18. The molecule has 0 unspecified atom stereocenters. The molecule has 0 aliphatic rings. The molecule has 3 rings (SSSR count). The van der Waals surface area contributed by atoms with Gasteiger partial charge in [-0.3, -0.25) is 4.79 Å². The smallest absolute Gasteiger partial charge is 0.272 e. The summed E-state index contributed by atoms with van der Waals surface area (Å²) in [5, 5.41) is 4.50. The van der Waals surface area contributed by atoms with E-state index >= 15 is 0 Å². The largest absolute Gasteiger partial charge is 0.488 e. The number of ether oxygens (including phenoxy) is 1. The maximum absolute atomic E-state index is 13.0. The lowest BCUT2D eigenvalue weighted by Gasteiger charge is -2.10. The van der Waals surface area contributed by atoms with Gasteiger partial charge in [0.05, 0.1) is 11.8 Å². The topological polar surface area (TPSA) is 50.7 Å². The van der Waals surface area contributed by atoms with Crippen LogP contribution in [0.2, 0.25) is 5.02 Å². The Balaban J connectivity index is 1.69. The molecule has 0 atom stereocenters. The molecule has 0 aromatic heterocycles. The standard InChI is InChI=1S/C21H15BrClFN2O2/c22-19-4-2-1-3-18(19)21(27)26-25-12-15-11-16(23)7-10-20(15)28-13-14-5-8-17(24)9-6-14/h1-12H,13H2,(H,26,27)/b25-12+. The molecule has 142 valence electrons. The molecule has 3 aromatic carbocycles. The normalized spacial score (nSPS) is 10.8. The van der Waals surface area contributed by atoms with Crippen molar-refractivity contribution in [3.63, 3.8) is 0 Å². The lowest BCUT2D eigenvalue weighted by molar-refractivity contribution is 0.0954. The van der Waals surface area contributed by atoms with Gasteiger partial charge >= 0.3 is 0 Å². The molecular weight excluding hydrogens is 447 g/mol. The summed E-state index contributed by atoms with van der Waals surface area (Å²) in [4.78, 5) is 12.2. The van der Waals surface area contributed by atoms with Gasteiger partial charge in [0.15, 0.2) is 0 Å². The van der Waals surface area contributed by atoms with E-state index in [-0.39, 0.29) is 18.3 Å². The molecule has 0 spiro atoms. The number of hydrogen-bond donors (Lipinski definition) is 1. The van der Waals surface area contributed by atoms with E-state index in [0.29, 0.717) is 26.4 Å². The van der Waals surface area contributed by atoms with E-state index in [1.165, 1.54) is 18.3 Å². The molecule has 0 fully saturated rings. The van der Waals surface area contributed by atoms with Gasteiger partial charge < -0.3 is 4.74 Å². The van der Waals surface area contributed by atoms with E-state index in [0.717, 1.165) is 5.56 Å². The summed E-state index contributed by atoms with van der Waals surface area (Å²) in [6.07, 6.45) is 1.46. The van der Waals surface area contributed by atoms with Crippen molar-refractivity contribution in [3.05, 3.63) is 98.7 Å². The van der Waals surface area contributed by atoms with E-state index in [2.05, 4.69) is 26.5 Å². The molecule has 7 heteroatoms. The Hall–Kier alpha value is -2.70. The number of amides is 1. The Morgan fingerprint density at radius 1 is 1.14 bits per heavy atom. The molecule has 0 aliphatic heterocycles. The third-order valence-electron chi connectivity index (χ3n) is 3.77. The highest BCUT2D eigenvalue weighted by Crippen LogP contribution is 2.22. The highest BCUT2D eigenvalue weighted by molar-refractivity contribution is 9.10. The number of hydrogen-bond acceptors (Lipinski definition) is 3. The van der Waals surface area contributed by atoms with Gasteiger partial charge in [-0.1, -0.05) is 35.9 Å². The molecule has 3 aromatic rings. The van der Waals surface area contributed by atoms with E-state index in [1.54, 1.807) is 48.5 Å². The highest BCUT2D eigenvalue weighted by Gasteiger charge is 2.08. The van der Waals surface area contributed by atoms with Crippen molar-refractivity contribution < 1.29 is 13.9 Å². The minimum atomic E-state index is -0.348. The van der Waals surface area contributed by atoms with Crippen LogP contribution in [0, 0.1) is 5.82 Å². The van der Waals surface area contributed by atoms with Crippen molar-refractivity contribution in [2.24, 2.45) is 5.10 Å². The van der Waals surface area contributed by atoms with Gasteiger partial charge in [-0.15, -0.1) is 0 Å². The first-order valence-corrected chi connectivity index (χ1v) is 9.45. The van der Waals surface area contributed by atoms with E-state index < -0.39 is 0 Å². The van der Waals surface area contributed by atoms with Crippen molar-refractivity contribution in [2.75, 3.05) is 0 Å². The molecule has 0 saturated heterocycles. The van der Waals surface area contributed by atoms with Crippen molar-refractivity contribution in [1.82, 2.24) is 5.43 Å². The van der Waals surface area contributed by atoms with Crippen molar-refractivity contribution in [2.45, 2.75) is 6.61 Å². The van der Waals surface area contributed by atoms with Gasteiger partial charge in [-0.25, -0.2) is 9.82 Å². The average molecular weight is 462 g/mol. The Kier molecular flexibility index (Phi) is 6.79. The first-order chi connectivity index (χ1) is 13.5. The second kappa shape index (κ2) is 9.48. The lowest BCUT2D eigenvalue weighted by atomic mass is 10.2. The molecule has 1 N–H and O–H groups in total. The number of nitrogens with one attached hydrogen (secondary N) is 1. The summed E-state index contributed by atoms with van der Waals surface area (Å²) in [5.41, 5.74) is 4.37. The van der Waals surface area contributed by atoms with Crippen LogP contribution in [0.5, 0.6) is 5.75 Å². The number of rotatable bonds is 6. The van der Waals surface area contributed by atoms with Gasteiger partial charge in [-0.05, 0) is 64.0 Å². The Bertz CT molecular complexity index is 1010. The van der Waals surface area contributed by atoms with Crippen molar-refractivity contribution >= 4 is 39.7 Å². The second-order valence-electron chi connectivity index (χ2n) is 5.78. The quantitative estimate of drug-likeness (QED) is 0.385. The number of carbonyl (C=O) groups is 1. The van der Waals surface area contributed by atoms with Crippen LogP contribution in [0.3, 0.4) is 0 Å². The second-order valence-corrected chi connectivity index (χ2v) is 7.07. The number of hydrazone groups is 1. The zero-order valence-corrected chi connectivity index (χ0v) is 16.9. The number of carbonyl (C=O) groups excluding carboxylic acids is 1. The fourth-order valence-electron chi connectivity index (χ4n) is 2.36. The molecule has 4 nitrogen and oxygen atoms in total. The van der Waals surface area contributed by atoms with E-state index in [9.17, 15) is 9.18 Å². The summed E-state index contributed by atoms with van der Waals surface area (Å²) in [6, 6.07) is 18.2. The third-order valence-corrected chi connectivity index (χ3v) is 4.69. The van der Waals surface area contributed by atoms with Crippen molar-refractivity contribution in [1.29, 1.82) is 0 Å². The van der Waals surface area contributed by atoms with Crippen LogP contribution in [0.25, 0.3) is 0 Å². The number of benzene rings is 3. The van der Waals surface area contributed by atoms with E-state index in [4.69, 9.17) is 16.3 Å². The number of halogens is 3. The maximum Gasteiger partial charge on any atom is 0.272 e. The summed E-state index contributed by atoms with van der Waals surface area (Å²) < 4.78 is 19.5. The average Bonchev–Trinajstić information content (AvgIpc) is 2.69. The maximum atomic E-state index is 13.0. The summed E-state index contributed by atoms with van der Waals surface area (Å²) in [5.74, 6) is -0.115. The molecule has 0 aliphatic carbocycles. The summed E-state index contributed by atoms with van der Waals surface area (Å²) in [6.45, 7) is 0.256.